The quantitative estimate of drug-likeness (QED) is 0.744. The van der Waals surface area contributed by atoms with Crippen LogP contribution in [0.15, 0.2) is 53.6 Å². The second-order valence-electron chi connectivity index (χ2n) is 4.33. The van der Waals surface area contributed by atoms with Gasteiger partial charge in [-0.2, -0.15) is 0 Å². The summed E-state index contributed by atoms with van der Waals surface area (Å²) in [6.45, 7) is 0. The molecule has 0 unspecified atom stereocenters. The number of hydrogen-bond donors (Lipinski definition) is 0. The number of ether oxygens (including phenoxy) is 2. The zero-order valence-corrected chi connectivity index (χ0v) is 13.7. The van der Waals surface area contributed by atoms with Crippen LogP contribution in [0.4, 0.5) is 0 Å². The van der Waals surface area contributed by atoms with Gasteiger partial charge in [-0.05, 0) is 60.0 Å². The first-order valence-corrected chi connectivity index (χ1v) is 7.25. The summed E-state index contributed by atoms with van der Waals surface area (Å²) in [6.07, 6.45) is 0. The number of hydrogen-bond acceptors (Lipinski definition) is 2. The van der Waals surface area contributed by atoms with Gasteiger partial charge in [0.2, 0.25) is 0 Å². The van der Waals surface area contributed by atoms with Crippen LogP contribution in [0.1, 0.15) is 11.1 Å². The van der Waals surface area contributed by atoms with E-state index in [0.717, 1.165) is 22.6 Å². The number of rotatable bonds is 3. The molecule has 0 heterocycles. The molecule has 0 aliphatic rings. The van der Waals surface area contributed by atoms with Crippen molar-refractivity contribution in [3.8, 4) is 23.3 Å². The molecule has 22 heavy (non-hydrogen) atoms. The maximum Gasteiger partial charge on any atom is 0.118 e. The second-order valence-corrected chi connectivity index (χ2v) is 5.09. The smallest absolute Gasteiger partial charge is 0.118 e. The molecule has 0 amide bonds. The van der Waals surface area contributed by atoms with Crippen LogP contribution in [-0.4, -0.2) is 14.2 Å². The van der Waals surface area contributed by atoms with Crippen LogP contribution < -0.4 is 9.47 Å². The third kappa shape index (κ3) is 4.21. The summed E-state index contributed by atoms with van der Waals surface area (Å²) in [7, 11) is 3.23. The van der Waals surface area contributed by atoms with Crippen molar-refractivity contribution < 1.29 is 9.47 Å². The van der Waals surface area contributed by atoms with Gasteiger partial charge in [0, 0.05) is 5.56 Å². The van der Waals surface area contributed by atoms with Gasteiger partial charge in [-0.25, -0.2) is 0 Å². The van der Waals surface area contributed by atoms with Gasteiger partial charge < -0.3 is 9.47 Å². The van der Waals surface area contributed by atoms with Gasteiger partial charge in [0.1, 0.15) is 16.5 Å². The Bertz CT molecular complexity index is 720. The lowest BCUT2D eigenvalue weighted by atomic mass is 10.2. The molecule has 0 saturated heterocycles. The Morgan fingerprint density at radius 1 is 0.818 bits per heavy atom. The first kappa shape index (κ1) is 16.3. The van der Waals surface area contributed by atoms with E-state index in [1.165, 1.54) is 0 Å². The van der Waals surface area contributed by atoms with Crippen molar-refractivity contribution in [2.45, 2.75) is 0 Å². The lowest BCUT2D eigenvalue weighted by molar-refractivity contribution is 0.414. The molecule has 0 bridgehead atoms. The molecule has 2 aromatic rings. The van der Waals surface area contributed by atoms with E-state index in [4.69, 9.17) is 32.7 Å². The van der Waals surface area contributed by atoms with Crippen LogP contribution >= 0.6 is 23.2 Å². The first-order valence-electron chi connectivity index (χ1n) is 6.50. The number of allylic oxidation sites excluding steroid dienone is 1. The van der Waals surface area contributed by atoms with Crippen molar-refractivity contribution >= 4 is 28.2 Å². The molecule has 0 N–H and O–H groups in total. The van der Waals surface area contributed by atoms with Crippen LogP contribution in [0.5, 0.6) is 11.5 Å². The third-order valence-corrected chi connectivity index (χ3v) is 3.73. The lowest BCUT2D eigenvalue weighted by Crippen LogP contribution is -1.84. The van der Waals surface area contributed by atoms with Crippen LogP contribution in [0.3, 0.4) is 0 Å². The van der Waals surface area contributed by atoms with E-state index in [1.54, 1.807) is 14.2 Å². The Balaban J connectivity index is 2.21. The normalized spacial score (nSPS) is 11.1. The monoisotopic (exact) mass is 332 g/mol. The molecule has 0 atom stereocenters. The molecule has 0 radical (unpaired) electrons. The van der Waals surface area contributed by atoms with E-state index in [1.807, 2.05) is 48.5 Å². The van der Waals surface area contributed by atoms with Gasteiger partial charge in [0.25, 0.3) is 0 Å². The summed E-state index contributed by atoms with van der Waals surface area (Å²) in [6, 6.07) is 14.7. The summed E-state index contributed by atoms with van der Waals surface area (Å²) in [5, 5.41) is 0.702. The standard InChI is InChI=1S/C18H14Cl2O2/c1-21-15-8-3-13(4-9-15)5-12-17(19)18(20)14-6-10-16(22-2)11-7-14/h3-4,6-11H,1-2H3/b18-17+. The van der Waals surface area contributed by atoms with Gasteiger partial charge in [0.05, 0.1) is 19.3 Å². The average Bonchev–Trinajstić information content (AvgIpc) is 2.59. The zero-order valence-electron chi connectivity index (χ0n) is 12.2. The summed E-state index contributed by atoms with van der Waals surface area (Å²) in [5.74, 6) is 7.36. The van der Waals surface area contributed by atoms with Crippen molar-refractivity contribution in [3.05, 3.63) is 64.7 Å². The molecule has 0 spiro atoms. The topological polar surface area (TPSA) is 18.5 Å². The Morgan fingerprint density at radius 2 is 1.32 bits per heavy atom. The molecule has 112 valence electrons. The molecule has 2 rings (SSSR count). The van der Waals surface area contributed by atoms with Gasteiger partial charge in [-0.1, -0.05) is 29.1 Å². The highest BCUT2D eigenvalue weighted by Crippen LogP contribution is 2.26. The molecule has 4 heteroatoms. The van der Waals surface area contributed by atoms with Crippen molar-refractivity contribution in [3.63, 3.8) is 0 Å². The van der Waals surface area contributed by atoms with Gasteiger partial charge in [0.15, 0.2) is 0 Å². The van der Waals surface area contributed by atoms with E-state index in [2.05, 4.69) is 11.8 Å². The molecule has 0 fully saturated rings. The Labute approximate surface area is 140 Å². The zero-order chi connectivity index (χ0) is 15.9. The highest BCUT2D eigenvalue weighted by atomic mass is 35.5. The van der Waals surface area contributed by atoms with Crippen LogP contribution in [0, 0.1) is 11.8 Å². The number of methoxy groups -OCH3 is 2. The van der Waals surface area contributed by atoms with E-state index in [-0.39, 0.29) is 0 Å². The van der Waals surface area contributed by atoms with Crippen LogP contribution in [-0.2, 0) is 0 Å². The van der Waals surface area contributed by atoms with E-state index < -0.39 is 0 Å². The van der Waals surface area contributed by atoms with Crippen molar-refractivity contribution in [1.82, 2.24) is 0 Å². The minimum absolute atomic E-state index is 0.294. The predicted octanol–water partition coefficient (Wildman–Crippen LogP) is 4.90. The molecule has 0 aliphatic carbocycles. The fourth-order valence-corrected chi connectivity index (χ4v) is 2.05. The molecule has 2 aromatic carbocycles. The third-order valence-electron chi connectivity index (χ3n) is 2.94. The van der Waals surface area contributed by atoms with Crippen molar-refractivity contribution in [2.24, 2.45) is 0 Å². The number of halogens is 2. The molecular weight excluding hydrogens is 319 g/mol. The molecule has 0 aromatic heterocycles. The minimum atomic E-state index is 0.294. The fourth-order valence-electron chi connectivity index (χ4n) is 1.72. The Hall–Kier alpha value is -2.08. The maximum atomic E-state index is 6.25. The van der Waals surface area contributed by atoms with Crippen LogP contribution in [0.2, 0.25) is 0 Å². The van der Waals surface area contributed by atoms with Crippen LogP contribution in [0.25, 0.3) is 5.03 Å². The van der Waals surface area contributed by atoms with E-state index in [9.17, 15) is 0 Å². The van der Waals surface area contributed by atoms with Crippen molar-refractivity contribution in [1.29, 1.82) is 0 Å². The van der Waals surface area contributed by atoms with E-state index in [0.29, 0.717) is 10.1 Å². The summed E-state index contributed by atoms with van der Waals surface area (Å²) in [5.41, 5.74) is 1.62. The van der Waals surface area contributed by atoms with Gasteiger partial charge >= 0.3 is 0 Å². The highest BCUT2D eigenvalue weighted by molar-refractivity contribution is 6.55. The SMILES string of the molecule is COc1ccc(C#C/C(Cl)=C(\Cl)c2ccc(OC)cc2)cc1. The molecule has 0 aliphatic heterocycles. The molecule has 0 saturated carbocycles. The minimum Gasteiger partial charge on any atom is -0.497 e. The summed E-state index contributed by atoms with van der Waals surface area (Å²) >= 11 is 12.4. The number of benzene rings is 2. The second kappa shape index (κ2) is 7.79. The largest absolute Gasteiger partial charge is 0.497 e. The van der Waals surface area contributed by atoms with E-state index >= 15 is 0 Å². The fraction of sp³-hybridized carbons (Fsp3) is 0.111. The Morgan fingerprint density at radius 3 is 1.82 bits per heavy atom. The first-order chi connectivity index (χ1) is 10.6. The molecule has 2 nitrogen and oxygen atoms in total. The van der Waals surface area contributed by atoms with Gasteiger partial charge in [-0.3, -0.25) is 0 Å². The van der Waals surface area contributed by atoms with Gasteiger partial charge in [-0.15, -0.1) is 0 Å². The Kier molecular flexibility index (Phi) is 5.77. The maximum absolute atomic E-state index is 6.25. The average molecular weight is 333 g/mol. The lowest BCUT2D eigenvalue weighted by Gasteiger charge is -2.02. The summed E-state index contributed by atoms with van der Waals surface area (Å²) < 4.78 is 10.2. The highest BCUT2D eigenvalue weighted by Gasteiger charge is 2.03. The predicted molar refractivity (Wildman–Crippen MR) is 91.5 cm³/mol. The van der Waals surface area contributed by atoms with Crippen molar-refractivity contribution in [2.75, 3.05) is 14.2 Å². The molecular formula is C18H14Cl2O2. The summed E-state index contributed by atoms with van der Waals surface area (Å²) in [4.78, 5) is 0.